The molecule has 4 rings (SSSR count). The summed E-state index contributed by atoms with van der Waals surface area (Å²) in [5.74, 6) is -0.0107. The van der Waals surface area contributed by atoms with Crippen molar-refractivity contribution in [3.8, 4) is 5.75 Å². The van der Waals surface area contributed by atoms with E-state index in [0.717, 1.165) is 22.4 Å². The Morgan fingerprint density at radius 2 is 2.04 bits per heavy atom. The van der Waals surface area contributed by atoms with Crippen LogP contribution >= 0.6 is 23.8 Å². The summed E-state index contributed by atoms with van der Waals surface area (Å²) >= 11 is 11.5. The minimum absolute atomic E-state index is 0.150. The van der Waals surface area contributed by atoms with Crippen LogP contribution in [-0.2, 0) is 4.79 Å². The van der Waals surface area contributed by atoms with Gasteiger partial charge in [-0.25, -0.2) is 0 Å². The van der Waals surface area contributed by atoms with Crippen molar-refractivity contribution in [2.75, 3.05) is 5.32 Å². The normalized spacial score (nSPS) is 25.6. The van der Waals surface area contributed by atoms with Gasteiger partial charge in [0.2, 0.25) is 5.91 Å². The van der Waals surface area contributed by atoms with Crippen LogP contribution in [0.4, 0.5) is 5.69 Å². The number of ether oxygens (including phenoxy) is 1. The molecule has 1 fully saturated rings. The predicted molar refractivity (Wildman–Crippen MR) is 110 cm³/mol. The van der Waals surface area contributed by atoms with Gasteiger partial charge in [-0.3, -0.25) is 4.79 Å². The number of amides is 1. The summed E-state index contributed by atoms with van der Waals surface area (Å²) in [7, 11) is 0. The van der Waals surface area contributed by atoms with Crippen LogP contribution in [0.2, 0.25) is 5.02 Å². The highest BCUT2D eigenvalue weighted by Gasteiger charge is 2.54. The van der Waals surface area contributed by atoms with E-state index >= 15 is 0 Å². The van der Waals surface area contributed by atoms with E-state index in [2.05, 4.69) is 16.0 Å². The van der Waals surface area contributed by atoms with Crippen molar-refractivity contribution in [3.05, 3.63) is 58.1 Å². The van der Waals surface area contributed by atoms with Crippen molar-refractivity contribution in [1.29, 1.82) is 0 Å². The Kier molecular flexibility index (Phi) is 4.28. The van der Waals surface area contributed by atoms with Gasteiger partial charge in [-0.1, -0.05) is 29.3 Å². The summed E-state index contributed by atoms with van der Waals surface area (Å²) in [6, 6.07) is 11.0. The van der Waals surface area contributed by atoms with Crippen molar-refractivity contribution >= 4 is 40.5 Å². The molecular weight excluding hydrogens is 382 g/mol. The fourth-order valence-corrected chi connectivity index (χ4v) is 4.39. The molecule has 2 aliphatic rings. The zero-order chi connectivity index (χ0) is 19.3. The minimum Gasteiger partial charge on any atom is -0.467 e. The number of hydrogen-bond acceptors (Lipinski definition) is 3. The number of halogens is 1. The van der Waals surface area contributed by atoms with Crippen LogP contribution in [0.3, 0.4) is 0 Å². The maximum Gasteiger partial charge on any atom is 0.236 e. The fraction of sp³-hybridized carbons (Fsp3) is 0.300. The third-order valence-corrected chi connectivity index (χ3v) is 5.58. The predicted octanol–water partition coefficient (Wildman–Crippen LogP) is 3.84. The first kappa shape index (κ1) is 18.1. The van der Waals surface area contributed by atoms with E-state index in [-0.39, 0.29) is 11.9 Å². The van der Waals surface area contributed by atoms with Crippen molar-refractivity contribution in [1.82, 2.24) is 10.6 Å². The number of anilines is 1. The number of fused-ring (bicyclic) bond motifs is 4. The van der Waals surface area contributed by atoms with Gasteiger partial charge < -0.3 is 20.7 Å². The van der Waals surface area contributed by atoms with Crippen LogP contribution in [0.25, 0.3) is 0 Å². The SMILES string of the molecule is Cc1ccc(NC(=O)[C@H]2[C@H]3NC(=S)N[C@@]2(C)Oc2ccc(Cl)cc23)c(C)c1. The van der Waals surface area contributed by atoms with Crippen molar-refractivity contribution in [2.24, 2.45) is 5.92 Å². The summed E-state index contributed by atoms with van der Waals surface area (Å²) < 4.78 is 6.18. The molecule has 0 saturated carbocycles. The van der Waals surface area contributed by atoms with E-state index in [9.17, 15) is 4.79 Å². The third-order valence-electron chi connectivity index (χ3n) is 5.13. The van der Waals surface area contributed by atoms with Crippen LogP contribution in [0, 0.1) is 19.8 Å². The molecule has 3 atom stereocenters. The molecule has 3 N–H and O–H groups in total. The van der Waals surface area contributed by atoms with E-state index in [0.29, 0.717) is 15.9 Å². The lowest BCUT2D eigenvalue weighted by atomic mass is 9.80. The number of carbonyl (C=O) groups is 1. The van der Waals surface area contributed by atoms with E-state index in [1.807, 2.05) is 51.1 Å². The van der Waals surface area contributed by atoms with E-state index in [1.54, 1.807) is 6.07 Å². The molecule has 2 bridgehead atoms. The highest BCUT2D eigenvalue weighted by atomic mass is 35.5. The number of carbonyl (C=O) groups excluding carboxylic acids is 1. The first-order valence-corrected chi connectivity index (χ1v) is 9.51. The second kappa shape index (κ2) is 6.39. The summed E-state index contributed by atoms with van der Waals surface area (Å²) in [6.07, 6.45) is 0. The Morgan fingerprint density at radius 1 is 1.26 bits per heavy atom. The zero-order valence-corrected chi connectivity index (χ0v) is 16.8. The first-order valence-electron chi connectivity index (χ1n) is 8.72. The Bertz CT molecular complexity index is 964. The van der Waals surface area contributed by atoms with Crippen LogP contribution in [0.5, 0.6) is 5.75 Å². The van der Waals surface area contributed by atoms with Gasteiger partial charge >= 0.3 is 0 Å². The molecule has 27 heavy (non-hydrogen) atoms. The lowest BCUT2D eigenvalue weighted by Crippen LogP contribution is -2.70. The summed E-state index contributed by atoms with van der Waals surface area (Å²) in [5.41, 5.74) is 2.80. The highest BCUT2D eigenvalue weighted by Crippen LogP contribution is 2.46. The second-order valence-electron chi connectivity index (χ2n) is 7.25. The van der Waals surface area contributed by atoms with Crippen LogP contribution in [-0.4, -0.2) is 16.7 Å². The largest absolute Gasteiger partial charge is 0.467 e. The smallest absolute Gasteiger partial charge is 0.236 e. The van der Waals surface area contributed by atoms with Gasteiger partial charge in [-0.2, -0.15) is 0 Å². The van der Waals surface area contributed by atoms with E-state index < -0.39 is 11.6 Å². The molecule has 0 radical (unpaired) electrons. The van der Waals surface area contributed by atoms with Crippen LogP contribution in [0.1, 0.15) is 29.7 Å². The van der Waals surface area contributed by atoms with Gasteiger partial charge in [0, 0.05) is 16.3 Å². The second-order valence-corrected chi connectivity index (χ2v) is 8.10. The Balaban J connectivity index is 1.73. The van der Waals surface area contributed by atoms with Crippen molar-refractivity contribution < 1.29 is 9.53 Å². The summed E-state index contributed by atoms with van der Waals surface area (Å²) in [6.45, 7) is 5.84. The lowest BCUT2D eigenvalue weighted by molar-refractivity contribution is -0.132. The maximum absolute atomic E-state index is 13.3. The molecule has 1 amide bonds. The highest BCUT2D eigenvalue weighted by molar-refractivity contribution is 7.80. The van der Waals surface area contributed by atoms with Gasteiger partial charge in [0.05, 0.1) is 6.04 Å². The van der Waals surface area contributed by atoms with Crippen LogP contribution in [0.15, 0.2) is 36.4 Å². The van der Waals surface area contributed by atoms with Gasteiger partial charge in [0.15, 0.2) is 10.8 Å². The number of benzene rings is 2. The molecule has 140 valence electrons. The molecular formula is C20H20ClN3O2S. The molecule has 2 aliphatic heterocycles. The molecule has 0 spiro atoms. The lowest BCUT2D eigenvalue weighted by Gasteiger charge is -2.50. The number of aryl methyl sites for hydroxylation is 2. The molecule has 2 aromatic rings. The molecule has 1 saturated heterocycles. The topological polar surface area (TPSA) is 62.4 Å². The number of rotatable bonds is 2. The Labute approximate surface area is 168 Å². The van der Waals surface area contributed by atoms with E-state index in [4.69, 9.17) is 28.6 Å². The third kappa shape index (κ3) is 3.13. The minimum atomic E-state index is -0.962. The molecule has 2 heterocycles. The molecule has 5 nitrogen and oxygen atoms in total. The van der Waals surface area contributed by atoms with Gasteiger partial charge in [-0.15, -0.1) is 0 Å². The molecule has 7 heteroatoms. The van der Waals surface area contributed by atoms with Crippen molar-refractivity contribution in [3.63, 3.8) is 0 Å². The van der Waals surface area contributed by atoms with Crippen LogP contribution < -0.4 is 20.7 Å². The summed E-state index contributed by atoms with van der Waals surface area (Å²) in [4.78, 5) is 13.3. The zero-order valence-electron chi connectivity index (χ0n) is 15.2. The van der Waals surface area contributed by atoms with Gasteiger partial charge in [0.1, 0.15) is 11.7 Å². The average Bonchev–Trinajstić information content (AvgIpc) is 2.57. The molecule has 2 aromatic carbocycles. The monoisotopic (exact) mass is 401 g/mol. The molecule has 0 unspecified atom stereocenters. The fourth-order valence-electron chi connectivity index (χ4n) is 3.88. The first-order chi connectivity index (χ1) is 12.8. The van der Waals surface area contributed by atoms with E-state index in [1.165, 1.54) is 0 Å². The number of hydrogen-bond donors (Lipinski definition) is 3. The standard InChI is InChI=1S/C20H20ClN3O2S/c1-10-4-6-14(11(2)8-10)22-18(25)16-17-13-9-12(21)5-7-15(13)26-20(16,3)24-19(27)23-17/h4-9,16-17H,1-3H3,(H,22,25)(H2,23,24,27)/t16-,17+,20+/m1/s1. The van der Waals surface area contributed by atoms with Gasteiger partial charge in [-0.05, 0) is 62.8 Å². The summed E-state index contributed by atoms with van der Waals surface area (Å²) in [5, 5.41) is 10.4. The Morgan fingerprint density at radius 3 is 2.78 bits per heavy atom. The molecule has 0 aromatic heterocycles. The quantitative estimate of drug-likeness (QED) is 0.667. The van der Waals surface area contributed by atoms with Gasteiger partial charge in [0.25, 0.3) is 0 Å². The Hall–Kier alpha value is -2.31. The average molecular weight is 402 g/mol. The number of nitrogens with one attached hydrogen (secondary N) is 3. The molecule has 0 aliphatic carbocycles. The number of thiocarbonyl (C=S) groups is 1. The maximum atomic E-state index is 13.3. The van der Waals surface area contributed by atoms with Crippen molar-refractivity contribution in [2.45, 2.75) is 32.5 Å².